The number of aromatic nitrogens is 1. The van der Waals surface area contributed by atoms with E-state index in [1.807, 2.05) is 41.3 Å². The highest BCUT2D eigenvalue weighted by Gasteiger charge is 2.24. The summed E-state index contributed by atoms with van der Waals surface area (Å²) in [6, 6.07) is 17.8. The van der Waals surface area contributed by atoms with Gasteiger partial charge in [0.25, 0.3) is 5.91 Å². The fourth-order valence-electron chi connectivity index (χ4n) is 4.06. The Labute approximate surface area is 175 Å². The van der Waals surface area contributed by atoms with E-state index in [1.54, 1.807) is 0 Å². The fourth-order valence-corrected chi connectivity index (χ4v) is 4.06. The average Bonchev–Trinajstić information content (AvgIpc) is 3.36. The van der Waals surface area contributed by atoms with Gasteiger partial charge in [0.1, 0.15) is 17.9 Å². The van der Waals surface area contributed by atoms with Crippen LogP contribution in [0.2, 0.25) is 0 Å². The molecule has 154 valence electrons. The van der Waals surface area contributed by atoms with Crippen molar-refractivity contribution in [3.8, 4) is 5.75 Å². The molecule has 1 amide bonds. The second kappa shape index (κ2) is 7.88. The van der Waals surface area contributed by atoms with Gasteiger partial charge >= 0.3 is 0 Å². The number of amides is 1. The van der Waals surface area contributed by atoms with E-state index >= 15 is 0 Å². The molecule has 1 saturated heterocycles. The summed E-state index contributed by atoms with van der Waals surface area (Å²) in [5, 5.41) is 2.13. The number of hydrogen-bond donors (Lipinski definition) is 1. The molecule has 0 bridgehead atoms. The highest BCUT2D eigenvalue weighted by molar-refractivity contribution is 5.96. The van der Waals surface area contributed by atoms with Gasteiger partial charge in [0.2, 0.25) is 0 Å². The predicted octanol–water partition coefficient (Wildman–Crippen LogP) is 4.06. The first-order chi connectivity index (χ1) is 14.7. The Morgan fingerprint density at radius 3 is 2.70 bits per heavy atom. The number of rotatable bonds is 5. The minimum Gasteiger partial charge on any atom is -0.492 e. The number of nitrogens with one attached hydrogen (secondary N) is 1. The molecule has 0 unspecified atom stereocenters. The summed E-state index contributed by atoms with van der Waals surface area (Å²) in [7, 11) is 0. The monoisotopic (exact) mass is 403 g/mol. The topological polar surface area (TPSA) is 61.7 Å². The molecule has 1 N–H and O–H groups in total. The van der Waals surface area contributed by atoms with Crippen molar-refractivity contribution in [1.82, 2.24) is 14.8 Å². The van der Waals surface area contributed by atoms with Crippen LogP contribution in [-0.2, 0) is 0 Å². The van der Waals surface area contributed by atoms with Crippen molar-refractivity contribution in [3.63, 3.8) is 0 Å². The van der Waals surface area contributed by atoms with Gasteiger partial charge in [-0.2, -0.15) is 0 Å². The number of benzene rings is 2. The maximum Gasteiger partial charge on any atom is 0.289 e. The van der Waals surface area contributed by atoms with Crippen LogP contribution in [0.15, 0.2) is 59.0 Å². The number of carbonyl (C=O) groups excluding carboxylic acids is 1. The molecule has 6 nitrogen and oxygen atoms in total. The van der Waals surface area contributed by atoms with Crippen LogP contribution in [0.3, 0.4) is 0 Å². The van der Waals surface area contributed by atoms with Crippen LogP contribution in [0.25, 0.3) is 21.9 Å². The molecule has 0 spiro atoms. The Kier molecular flexibility index (Phi) is 4.93. The van der Waals surface area contributed by atoms with Crippen LogP contribution in [0, 0.1) is 6.92 Å². The number of aromatic amines is 1. The zero-order chi connectivity index (χ0) is 20.5. The first kappa shape index (κ1) is 18.8. The van der Waals surface area contributed by atoms with Gasteiger partial charge in [0.15, 0.2) is 5.76 Å². The molecular weight excluding hydrogens is 378 g/mol. The summed E-state index contributed by atoms with van der Waals surface area (Å²) >= 11 is 0. The lowest BCUT2D eigenvalue weighted by molar-refractivity contribution is 0.0592. The van der Waals surface area contributed by atoms with E-state index in [2.05, 4.69) is 35.0 Å². The van der Waals surface area contributed by atoms with Crippen molar-refractivity contribution < 1.29 is 13.9 Å². The van der Waals surface area contributed by atoms with E-state index in [4.69, 9.17) is 9.15 Å². The standard InChI is InChI=1S/C24H25N3O3/c1-17-14-19-15-20(6-7-21(19)25-17)29-13-12-26-8-10-27(11-9-26)24(28)23-16-18-4-2-3-5-22(18)30-23/h2-7,14-16,25H,8-13H2,1H3. The Morgan fingerprint density at radius 2 is 1.87 bits per heavy atom. The van der Waals surface area contributed by atoms with Gasteiger partial charge in [0, 0.05) is 54.7 Å². The van der Waals surface area contributed by atoms with Crippen molar-refractivity contribution in [1.29, 1.82) is 0 Å². The molecule has 6 heteroatoms. The number of furan rings is 1. The summed E-state index contributed by atoms with van der Waals surface area (Å²) < 4.78 is 11.7. The Hall–Kier alpha value is -3.25. The molecule has 1 fully saturated rings. The zero-order valence-corrected chi connectivity index (χ0v) is 17.1. The van der Waals surface area contributed by atoms with Crippen LogP contribution < -0.4 is 4.74 Å². The summed E-state index contributed by atoms with van der Waals surface area (Å²) in [5.41, 5.74) is 3.03. The SMILES string of the molecule is Cc1cc2cc(OCCN3CCN(C(=O)c4cc5ccccc5o4)CC3)ccc2[nH]1. The highest BCUT2D eigenvalue weighted by atomic mass is 16.5. The van der Waals surface area contributed by atoms with Gasteiger partial charge in [-0.3, -0.25) is 9.69 Å². The number of ether oxygens (including phenoxy) is 1. The minimum absolute atomic E-state index is 0.0304. The van der Waals surface area contributed by atoms with E-state index in [0.717, 1.165) is 47.6 Å². The van der Waals surface area contributed by atoms with Gasteiger partial charge in [-0.05, 0) is 43.3 Å². The molecular formula is C24H25N3O3. The summed E-state index contributed by atoms with van der Waals surface area (Å²) in [6.07, 6.45) is 0. The molecule has 1 aliphatic heterocycles. The van der Waals surface area contributed by atoms with E-state index in [9.17, 15) is 4.79 Å². The van der Waals surface area contributed by atoms with E-state index in [0.29, 0.717) is 25.5 Å². The number of fused-ring (bicyclic) bond motifs is 2. The van der Waals surface area contributed by atoms with Crippen molar-refractivity contribution >= 4 is 27.8 Å². The van der Waals surface area contributed by atoms with Crippen LogP contribution >= 0.6 is 0 Å². The van der Waals surface area contributed by atoms with Crippen molar-refractivity contribution in [2.45, 2.75) is 6.92 Å². The Morgan fingerprint density at radius 1 is 1.03 bits per heavy atom. The third-order valence-corrected chi connectivity index (χ3v) is 5.70. The van der Waals surface area contributed by atoms with Gasteiger partial charge in [-0.25, -0.2) is 0 Å². The average molecular weight is 403 g/mol. The van der Waals surface area contributed by atoms with E-state index in [-0.39, 0.29) is 5.91 Å². The van der Waals surface area contributed by atoms with Crippen LogP contribution in [0.4, 0.5) is 0 Å². The quantitative estimate of drug-likeness (QED) is 0.546. The molecule has 4 aromatic rings. The van der Waals surface area contributed by atoms with Gasteiger partial charge in [-0.1, -0.05) is 18.2 Å². The van der Waals surface area contributed by atoms with Crippen molar-refractivity contribution in [3.05, 3.63) is 66.1 Å². The highest BCUT2D eigenvalue weighted by Crippen LogP contribution is 2.22. The molecule has 2 aromatic carbocycles. The number of nitrogens with zero attached hydrogens (tertiary/aromatic N) is 2. The zero-order valence-electron chi connectivity index (χ0n) is 17.1. The fraction of sp³-hybridized carbons (Fsp3) is 0.292. The number of H-pyrrole nitrogens is 1. The molecule has 0 radical (unpaired) electrons. The number of piperazine rings is 1. The number of para-hydroxylation sites is 1. The largest absolute Gasteiger partial charge is 0.492 e. The lowest BCUT2D eigenvalue weighted by atomic mass is 10.2. The summed E-state index contributed by atoms with van der Waals surface area (Å²) in [4.78, 5) is 20.3. The maximum absolute atomic E-state index is 12.8. The van der Waals surface area contributed by atoms with E-state index < -0.39 is 0 Å². The molecule has 30 heavy (non-hydrogen) atoms. The third-order valence-electron chi connectivity index (χ3n) is 5.70. The van der Waals surface area contributed by atoms with Gasteiger partial charge in [0.05, 0.1) is 0 Å². The normalized spacial score (nSPS) is 15.2. The first-order valence-electron chi connectivity index (χ1n) is 10.4. The Balaban J connectivity index is 1.11. The lowest BCUT2D eigenvalue weighted by Crippen LogP contribution is -2.49. The third kappa shape index (κ3) is 3.78. The van der Waals surface area contributed by atoms with E-state index in [1.165, 1.54) is 5.39 Å². The van der Waals surface area contributed by atoms with Crippen LogP contribution in [-0.4, -0.2) is 60.0 Å². The molecule has 0 saturated carbocycles. The molecule has 0 atom stereocenters. The molecule has 5 rings (SSSR count). The predicted molar refractivity (Wildman–Crippen MR) is 117 cm³/mol. The first-order valence-corrected chi connectivity index (χ1v) is 10.4. The number of aryl methyl sites for hydroxylation is 1. The van der Waals surface area contributed by atoms with Crippen LogP contribution in [0.5, 0.6) is 5.75 Å². The Bertz CT molecular complexity index is 1150. The van der Waals surface area contributed by atoms with Gasteiger partial charge in [-0.15, -0.1) is 0 Å². The lowest BCUT2D eigenvalue weighted by Gasteiger charge is -2.34. The number of carbonyl (C=O) groups is 1. The second-order valence-electron chi connectivity index (χ2n) is 7.83. The van der Waals surface area contributed by atoms with Crippen LogP contribution in [0.1, 0.15) is 16.2 Å². The molecule has 3 heterocycles. The van der Waals surface area contributed by atoms with Crippen molar-refractivity contribution in [2.24, 2.45) is 0 Å². The number of hydrogen-bond acceptors (Lipinski definition) is 4. The van der Waals surface area contributed by atoms with Gasteiger partial charge < -0.3 is 19.0 Å². The maximum atomic E-state index is 12.8. The molecule has 2 aromatic heterocycles. The molecule has 1 aliphatic rings. The minimum atomic E-state index is -0.0304. The molecule has 0 aliphatic carbocycles. The van der Waals surface area contributed by atoms with Crippen molar-refractivity contribution in [2.75, 3.05) is 39.3 Å². The second-order valence-corrected chi connectivity index (χ2v) is 7.83. The summed E-state index contributed by atoms with van der Waals surface area (Å²) in [6.45, 7) is 6.61. The summed E-state index contributed by atoms with van der Waals surface area (Å²) in [5.74, 6) is 1.28. The smallest absolute Gasteiger partial charge is 0.289 e.